The molecule has 2 aliphatic heterocycles. The number of rotatable bonds is 6. The van der Waals surface area contributed by atoms with Gasteiger partial charge in [-0.05, 0) is 38.1 Å². The topological polar surface area (TPSA) is 88.4 Å². The fraction of sp³-hybridized carbons (Fsp3) is 0.571. The summed E-state index contributed by atoms with van der Waals surface area (Å²) in [5.74, 6) is 2.12. The zero-order chi connectivity index (χ0) is 22.0. The number of methoxy groups -OCH3 is 1. The van der Waals surface area contributed by atoms with Crippen molar-refractivity contribution in [2.45, 2.75) is 32.6 Å². The third kappa shape index (κ3) is 5.09. The summed E-state index contributed by atoms with van der Waals surface area (Å²) in [6, 6.07) is 7.63. The third-order valence-corrected chi connectivity index (χ3v) is 7.63. The second-order valence-electron chi connectivity index (χ2n) is 8.10. The Morgan fingerprint density at radius 2 is 1.68 bits per heavy atom. The van der Waals surface area contributed by atoms with Crippen molar-refractivity contribution in [1.82, 2.24) is 18.5 Å². The van der Waals surface area contributed by atoms with Gasteiger partial charge in [0, 0.05) is 44.8 Å². The van der Waals surface area contributed by atoms with Gasteiger partial charge >= 0.3 is 0 Å². The minimum atomic E-state index is -3.47. The van der Waals surface area contributed by atoms with Gasteiger partial charge in [-0.15, -0.1) is 0 Å². The molecule has 2 aromatic rings. The van der Waals surface area contributed by atoms with Crippen molar-refractivity contribution in [1.29, 1.82) is 0 Å². The normalized spacial score (nSPS) is 24.4. The van der Waals surface area contributed by atoms with Crippen molar-refractivity contribution in [2.24, 2.45) is 0 Å². The molecule has 0 saturated carbocycles. The second kappa shape index (κ2) is 9.25. The molecule has 0 amide bonds. The molecule has 2 unspecified atom stereocenters. The molecule has 1 aromatic carbocycles. The molecule has 2 aliphatic rings. The van der Waals surface area contributed by atoms with Crippen LogP contribution in [0.15, 0.2) is 34.9 Å². The molecule has 170 valence electrons. The highest BCUT2D eigenvalue weighted by molar-refractivity contribution is 7.86. The van der Waals surface area contributed by atoms with Gasteiger partial charge in [0.1, 0.15) is 5.75 Å². The Balaban J connectivity index is 1.32. The molecule has 9 nitrogen and oxygen atoms in total. The van der Waals surface area contributed by atoms with Gasteiger partial charge in [0.15, 0.2) is 5.76 Å². The van der Waals surface area contributed by atoms with E-state index in [4.69, 9.17) is 13.9 Å². The zero-order valence-corrected chi connectivity index (χ0v) is 19.0. The van der Waals surface area contributed by atoms with Crippen LogP contribution in [0.1, 0.15) is 19.7 Å². The fourth-order valence-corrected chi connectivity index (χ4v) is 5.81. The average Bonchev–Trinajstić information content (AvgIpc) is 3.22. The Morgan fingerprint density at radius 1 is 1.03 bits per heavy atom. The van der Waals surface area contributed by atoms with E-state index in [2.05, 4.69) is 9.88 Å². The van der Waals surface area contributed by atoms with E-state index in [1.807, 2.05) is 38.1 Å². The number of hydrogen-bond donors (Lipinski definition) is 0. The molecule has 10 heteroatoms. The molecule has 0 radical (unpaired) electrons. The number of nitrogens with zero attached hydrogens (tertiary/aromatic N) is 4. The molecule has 31 heavy (non-hydrogen) atoms. The van der Waals surface area contributed by atoms with E-state index in [9.17, 15) is 8.42 Å². The molecule has 1 aromatic heterocycles. The van der Waals surface area contributed by atoms with Gasteiger partial charge in [0.25, 0.3) is 10.2 Å². The molecular weight excluding hydrogens is 420 g/mol. The average molecular weight is 451 g/mol. The van der Waals surface area contributed by atoms with E-state index in [0.717, 1.165) is 11.3 Å². The van der Waals surface area contributed by atoms with E-state index in [1.54, 1.807) is 21.9 Å². The first kappa shape index (κ1) is 22.2. The maximum absolute atomic E-state index is 13.0. The molecule has 4 rings (SSSR count). The van der Waals surface area contributed by atoms with Crippen LogP contribution in [0, 0.1) is 0 Å². The van der Waals surface area contributed by atoms with E-state index in [-0.39, 0.29) is 12.2 Å². The first-order chi connectivity index (χ1) is 14.8. The quantitative estimate of drug-likeness (QED) is 0.663. The largest absolute Gasteiger partial charge is 0.497 e. The SMILES string of the molecule is COc1ccc(-c2cnc(CN3CCN(S(=O)(=O)N4CC(C)OC(C)C4)CC3)o2)cc1. The van der Waals surface area contributed by atoms with Gasteiger partial charge in [-0.25, -0.2) is 4.98 Å². The van der Waals surface area contributed by atoms with E-state index < -0.39 is 10.2 Å². The van der Waals surface area contributed by atoms with Crippen LogP contribution in [0.5, 0.6) is 5.75 Å². The number of hydrogen-bond acceptors (Lipinski definition) is 7. The van der Waals surface area contributed by atoms with Crippen molar-refractivity contribution < 1.29 is 22.3 Å². The molecular formula is C21H30N4O5S. The Bertz CT molecular complexity index is 960. The Kier molecular flexibility index (Phi) is 6.63. The first-order valence-corrected chi connectivity index (χ1v) is 12.0. The lowest BCUT2D eigenvalue weighted by molar-refractivity contribution is -0.0458. The molecule has 2 atom stereocenters. The van der Waals surface area contributed by atoms with Crippen molar-refractivity contribution in [2.75, 3.05) is 46.4 Å². The highest BCUT2D eigenvalue weighted by Gasteiger charge is 2.36. The Morgan fingerprint density at radius 3 is 2.29 bits per heavy atom. The summed E-state index contributed by atoms with van der Waals surface area (Å²) in [7, 11) is -1.84. The van der Waals surface area contributed by atoms with Crippen molar-refractivity contribution in [3.63, 3.8) is 0 Å². The predicted molar refractivity (Wildman–Crippen MR) is 116 cm³/mol. The second-order valence-corrected chi connectivity index (χ2v) is 10.0. The van der Waals surface area contributed by atoms with Crippen molar-refractivity contribution in [3.8, 4) is 17.1 Å². The minimum Gasteiger partial charge on any atom is -0.497 e. The van der Waals surface area contributed by atoms with Crippen LogP contribution in [0.3, 0.4) is 0 Å². The van der Waals surface area contributed by atoms with Crippen molar-refractivity contribution in [3.05, 3.63) is 36.4 Å². The molecule has 2 fully saturated rings. The highest BCUT2D eigenvalue weighted by atomic mass is 32.2. The van der Waals surface area contributed by atoms with Gasteiger partial charge in [0.05, 0.1) is 32.1 Å². The zero-order valence-electron chi connectivity index (χ0n) is 18.2. The number of aromatic nitrogens is 1. The lowest BCUT2D eigenvalue weighted by atomic mass is 10.2. The fourth-order valence-electron chi connectivity index (χ4n) is 4.06. The van der Waals surface area contributed by atoms with Crippen LogP contribution in [-0.2, 0) is 21.5 Å². The highest BCUT2D eigenvalue weighted by Crippen LogP contribution is 2.24. The maximum Gasteiger partial charge on any atom is 0.282 e. The first-order valence-electron chi connectivity index (χ1n) is 10.6. The summed E-state index contributed by atoms with van der Waals surface area (Å²) >= 11 is 0. The summed E-state index contributed by atoms with van der Waals surface area (Å²) in [5.41, 5.74) is 0.935. The molecule has 0 aliphatic carbocycles. The molecule has 0 N–H and O–H groups in total. The van der Waals surface area contributed by atoms with E-state index in [0.29, 0.717) is 57.5 Å². The minimum absolute atomic E-state index is 0.0928. The maximum atomic E-state index is 13.0. The van der Waals surface area contributed by atoms with Crippen LogP contribution >= 0.6 is 0 Å². The standard InChI is InChI=1S/C21H30N4O5S/c1-16-13-25(14-17(2)29-16)31(26,27)24-10-8-23(9-11-24)15-21-22-12-20(30-21)18-4-6-19(28-3)7-5-18/h4-7,12,16-17H,8-11,13-15H2,1-3H3. The van der Waals surface area contributed by atoms with Gasteiger partial charge in [-0.3, -0.25) is 4.90 Å². The summed E-state index contributed by atoms with van der Waals surface area (Å²) < 4.78 is 46.0. The lowest BCUT2D eigenvalue weighted by Gasteiger charge is -2.40. The van der Waals surface area contributed by atoms with Crippen LogP contribution in [0.25, 0.3) is 11.3 Å². The number of oxazole rings is 1. The lowest BCUT2D eigenvalue weighted by Crippen LogP contribution is -2.57. The predicted octanol–water partition coefficient (Wildman–Crippen LogP) is 1.82. The van der Waals surface area contributed by atoms with E-state index >= 15 is 0 Å². The molecule has 3 heterocycles. The number of ether oxygens (including phenoxy) is 2. The monoisotopic (exact) mass is 450 g/mol. The molecule has 2 saturated heterocycles. The molecule has 0 spiro atoms. The number of piperazine rings is 1. The Labute approximate surface area is 183 Å². The summed E-state index contributed by atoms with van der Waals surface area (Å²) in [5, 5.41) is 0. The number of benzene rings is 1. The molecule has 0 bridgehead atoms. The number of morpholine rings is 1. The summed E-state index contributed by atoms with van der Waals surface area (Å²) in [6.45, 7) is 7.34. The van der Waals surface area contributed by atoms with Crippen molar-refractivity contribution >= 4 is 10.2 Å². The third-order valence-electron chi connectivity index (χ3n) is 5.66. The van der Waals surface area contributed by atoms with Crippen LogP contribution in [0.2, 0.25) is 0 Å². The van der Waals surface area contributed by atoms with Gasteiger partial charge in [-0.1, -0.05) is 0 Å². The summed E-state index contributed by atoms with van der Waals surface area (Å²) in [6.07, 6.45) is 1.54. The van der Waals surface area contributed by atoms with Crippen LogP contribution in [0.4, 0.5) is 0 Å². The van der Waals surface area contributed by atoms with Crippen LogP contribution in [-0.4, -0.2) is 85.5 Å². The van der Waals surface area contributed by atoms with Gasteiger partial charge in [-0.2, -0.15) is 17.0 Å². The van der Waals surface area contributed by atoms with E-state index in [1.165, 1.54) is 0 Å². The Hall–Kier alpha value is -1.98. The van der Waals surface area contributed by atoms with Crippen LogP contribution < -0.4 is 4.74 Å². The summed E-state index contributed by atoms with van der Waals surface area (Å²) in [4.78, 5) is 6.56. The van der Waals surface area contributed by atoms with Gasteiger partial charge in [0.2, 0.25) is 5.89 Å². The smallest absolute Gasteiger partial charge is 0.282 e. The van der Waals surface area contributed by atoms with Gasteiger partial charge < -0.3 is 13.9 Å².